The molecule has 1 aromatic carbocycles. The number of benzene rings is 1. The van der Waals surface area contributed by atoms with Crippen LogP contribution in [-0.2, 0) is 9.53 Å². The van der Waals surface area contributed by atoms with E-state index in [2.05, 4.69) is 15.9 Å². The number of ether oxygens (including phenoxy) is 1. The summed E-state index contributed by atoms with van der Waals surface area (Å²) in [4.78, 5) is 10.9. The van der Waals surface area contributed by atoms with E-state index in [0.29, 0.717) is 0 Å². The van der Waals surface area contributed by atoms with Gasteiger partial charge in [0.1, 0.15) is 6.10 Å². The van der Waals surface area contributed by atoms with Crippen molar-refractivity contribution in [3.63, 3.8) is 0 Å². The van der Waals surface area contributed by atoms with E-state index in [1.807, 2.05) is 24.3 Å². The Morgan fingerprint density at radius 2 is 2.00 bits per heavy atom. The number of hydrogen-bond donors (Lipinski definition) is 1. The number of aliphatic hydroxyl groups is 1. The lowest BCUT2D eigenvalue weighted by atomic mass is 10.0. The number of carbonyl (C=O) groups is 1. The number of cyclic esters (lactones) is 1. The van der Waals surface area contributed by atoms with Gasteiger partial charge >= 0.3 is 5.97 Å². The number of halogens is 1. The second-order valence-electron chi connectivity index (χ2n) is 3.23. The van der Waals surface area contributed by atoms with Crippen LogP contribution in [-0.4, -0.2) is 17.2 Å². The van der Waals surface area contributed by atoms with Gasteiger partial charge in [0.25, 0.3) is 0 Å². The molecular weight excluding hydrogens is 248 g/mol. The van der Waals surface area contributed by atoms with Gasteiger partial charge in [0.05, 0.1) is 6.42 Å². The summed E-state index contributed by atoms with van der Waals surface area (Å²) in [7, 11) is 0. The minimum Gasteiger partial charge on any atom is -0.455 e. The lowest BCUT2D eigenvalue weighted by molar-refractivity contribution is -0.142. The van der Waals surface area contributed by atoms with Crippen LogP contribution in [0.4, 0.5) is 0 Å². The number of carbonyl (C=O) groups excluding carboxylic acids is 1. The van der Waals surface area contributed by atoms with E-state index in [1.54, 1.807) is 0 Å². The Morgan fingerprint density at radius 3 is 2.50 bits per heavy atom. The first-order chi connectivity index (χ1) is 6.66. The lowest BCUT2D eigenvalue weighted by Crippen LogP contribution is -2.11. The van der Waals surface area contributed by atoms with Crippen LogP contribution in [0.1, 0.15) is 18.1 Å². The second kappa shape index (κ2) is 3.71. The van der Waals surface area contributed by atoms with Crippen LogP contribution in [0.2, 0.25) is 0 Å². The van der Waals surface area contributed by atoms with Crippen molar-refractivity contribution in [2.45, 2.75) is 18.6 Å². The third-order valence-electron chi connectivity index (χ3n) is 2.18. The smallest absolute Gasteiger partial charge is 0.309 e. The minimum absolute atomic E-state index is 0.0841. The van der Waals surface area contributed by atoms with Crippen molar-refractivity contribution in [2.75, 3.05) is 0 Å². The summed E-state index contributed by atoms with van der Waals surface area (Å²) < 4.78 is 5.95. The van der Waals surface area contributed by atoms with Crippen molar-refractivity contribution < 1.29 is 14.6 Å². The molecule has 0 aliphatic carbocycles. The Hall–Kier alpha value is -0.870. The summed E-state index contributed by atoms with van der Waals surface area (Å²) in [5.41, 5.74) is 0.826. The zero-order valence-electron chi connectivity index (χ0n) is 7.31. The highest BCUT2D eigenvalue weighted by atomic mass is 79.9. The molecule has 1 heterocycles. The number of hydrogen-bond acceptors (Lipinski definition) is 3. The summed E-state index contributed by atoms with van der Waals surface area (Å²) >= 11 is 3.31. The van der Waals surface area contributed by atoms with Gasteiger partial charge in [0.15, 0.2) is 6.10 Å². The second-order valence-corrected chi connectivity index (χ2v) is 4.15. The van der Waals surface area contributed by atoms with E-state index in [4.69, 9.17) is 4.74 Å². The first kappa shape index (κ1) is 9.68. The Kier molecular flexibility index (Phi) is 2.56. The summed E-state index contributed by atoms with van der Waals surface area (Å²) in [6, 6.07) is 7.37. The van der Waals surface area contributed by atoms with Crippen molar-refractivity contribution in [2.24, 2.45) is 0 Å². The average molecular weight is 257 g/mol. The van der Waals surface area contributed by atoms with E-state index < -0.39 is 12.2 Å². The average Bonchev–Trinajstić information content (AvgIpc) is 2.47. The van der Waals surface area contributed by atoms with Gasteiger partial charge in [0.2, 0.25) is 0 Å². The molecule has 1 aromatic rings. The van der Waals surface area contributed by atoms with Crippen molar-refractivity contribution in [1.29, 1.82) is 0 Å². The fourth-order valence-corrected chi connectivity index (χ4v) is 1.75. The highest BCUT2D eigenvalue weighted by molar-refractivity contribution is 9.10. The van der Waals surface area contributed by atoms with Crippen LogP contribution >= 0.6 is 15.9 Å². The third kappa shape index (κ3) is 1.81. The predicted octanol–water partition coefficient (Wildman–Crippen LogP) is 1.80. The normalized spacial score (nSPS) is 26.3. The van der Waals surface area contributed by atoms with Crippen molar-refractivity contribution in [1.82, 2.24) is 0 Å². The summed E-state index contributed by atoms with van der Waals surface area (Å²) in [6.45, 7) is 0. The Labute approximate surface area is 89.8 Å². The molecule has 0 spiro atoms. The molecule has 0 saturated carbocycles. The van der Waals surface area contributed by atoms with E-state index in [0.717, 1.165) is 10.0 Å². The number of rotatable bonds is 1. The van der Waals surface area contributed by atoms with E-state index in [9.17, 15) is 9.90 Å². The molecule has 14 heavy (non-hydrogen) atoms. The maximum absolute atomic E-state index is 10.9. The topological polar surface area (TPSA) is 46.5 Å². The number of esters is 1. The largest absolute Gasteiger partial charge is 0.455 e. The molecule has 1 fully saturated rings. The molecule has 1 saturated heterocycles. The van der Waals surface area contributed by atoms with Crippen LogP contribution in [0, 0.1) is 0 Å². The molecule has 74 valence electrons. The fourth-order valence-electron chi connectivity index (χ4n) is 1.49. The molecule has 0 radical (unpaired) electrons. The molecule has 3 nitrogen and oxygen atoms in total. The van der Waals surface area contributed by atoms with Crippen molar-refractivity contribution in [3.05, 3.63) is 34.3 Å². The van der Waals surface area contributed by atoms with Gasteiger partial charge in [-0.3, -0.25) is 4.79 Å². The molecule has 1 aliphatic rings. The van der Waals surface area contributed by atoms with E-state index in [-0.39, 0.29) is 12.4 Å². The van der Waals surface area contributed by atoms with Crippen LogP contribution in [0.5, 0.6) is 0 Å². The maximum Gasteiger partial charge on any atom is 0.309 e. The standard InChI is InChI=1S/C10H9BrO3/c11-7-3-1-6(2-4-7)10-8(12)5-9(13)14-10/h1-4,8,10,12H,5H2/t8-,10+/m0/s1. The van der Waals surface area contributed by atoms with Crippen molar-refractivity contribution in [3.8, 4) is 0 Å². The lowest BCUT2D eigenvalue weighted by Gasteiger charge is -2.12. The van der Waals surface area contributed by atoms with Crippen LogP contribution < -0.4 is 0 Å². The summed E-state index contributed by atoms with van der Waals surface area (Å²) in [6.07, 6.45) is -1.14. The maximum atomic E-state index is 10.9. The van der Waals surface area contributed by atoms with Gasteiger partial charge in [-0.1, -0.05) is 28.1 Å². The first-order valence-corrected chi connectivity index (χ1v) is 5.09. The van der Waals surface area contributed by atoms with Crippen LogP contribution in [0.15, 0.2) is 28.7 Å². The predicted molar refractivity (Wildman–Crippen MR) is 53.6 cm³/mol. The van der Waals surface area contributed by atoms with Gasteiger partial charge in [-0.25, -0.2) is 0 Å². The first-order valence-electron chi connectivity index (χ1n) is 4.30. The van der Waals surface area contributed by atoms with Gasteiger partial charge in [-0.05, 0) is 17.7 Å². The molecule has 0 unspecified atom stereocenters. The highest BCUT2D eigenvalue weighted by Crippen LogP contribution is 2.30. The Bertz CT molecular complexity index is 347. The van der Waals surface area contributed by atoms with Gasteiger partial charge in [-0.2, -0.15) is 0 Å². The molecule has 4 heteroatoms. The van der Waals surface area contributed by atoms with Gasteiger partial charge < -0.3 is 9.84 Å². The monoisotopic (exact) mass is 256 g/mol. The summed E-state index contributed by atoms with van der Waals surface area (Å²) in [5.74, 6) is -0.342. The highest BCUT2D eigenvalue weighted by Gasteiger charge is 2.34. The van der Waals surface area contributed by atoms with Crippen LogP contribution in [0.25, 0.3) is 0 Å². The van der Waals surface area contributed by atoms with Gasteiger partial charge in [-0.15, -0.1) is 0 Å². The quantitative estimate of drug-likeness (QED) is 0.780. The number of aliphatic hydroxyl groups excluding tert-OH is 1. The van der Waals surface area contributed by atoms with Crippen LogP contribution in [0.3, 0.4) is 0 Å². The zero-order chi connectivity index (χ0) is 10.1. The molecule has 0 aromatic heterocycles. The molecule has 1 N–H and O–H groups in total. The van der Waals surface area contributed by atoms with Gasteiger partial charge in [0, 0.05) is 4.47 Å². The molecule has 2 atom stereocenters. The fraction of sp³-hybridized carbons (Fsp3) is 0.300. The van der Waals surface area contributed by atoms with E-state index >= 15 is 0 Å². The Morgan fingerprint density at radius 1 is 1.36 bits per heavy atom. The third-order valence-corrected chi connectivity index (χ3v) is 2.71. The van der Waals surface area contributed by atoms with Crippen molar-refractivity contribution >= 4 is 21.9 Å². The Balaban J connectivity index is 2.23. The summed E-state index contributed by atoms with van der Waals surface area (Å²) in [5, 5.41) is 9.52. The minimum atomic E-state index is -0.719. The molecule has 0 amide bonds. The van der Waals surface area contributed by atoms with E-state index in [1.165, 1.54) is 0 Å². The zero-order valence-corrected chi connectivity index (χ0v) is 8.90. The SMILES string of the molecule is O=C1C[C@H](O)[C@@H](c2ccc(Br)cc2)O1. The molecule has 0 bridgehead atoms. The molecule has 1 aliphatic heterocycles. The molecular formula is C10H9BrO3. The molecule has 2 rings (SSSR count).